The van der Waals surface area contributed by atoms with Crippen molar-refractivity contribution in [1.82, 2.24) is 0 Å². The van der Waals surface area contributed by atoms with E-state index in [0.717, 1.165) is 23.8 Å². The molecule has 0 fully saturated rings. The minimum atomic E-state index is -0.604. The average molecular weight is 317 g/mol. The molecule has 3 rings (SSSR count). The molecular formula is C15H9ClN2O4. The number of fused-ring (bicyclic) bond motifs is 1. The zero-order valence-corrected chi connectivity index (χ0v) is 11.9. The number of halogens is 1. The van der Waals surface area contributed by atoms with Crippen LogP contribution in [0.5, 0.6) is 11.5 Å². The molecule has 1 heterocycles. The molecule has 0 spiro atoms. The summed E-state index contributed by atoms with van der Waals surface area (Å²) < 4.78 is 6.04. The molecule has 6 nitrogen and oxygen atoms in total. The van der Waals surface area contributed by atoms with Crippen LogP contribution in [0, 0.1) is 15.3 Å². The Morgan fingerprint density at radius 1 is 1.05 bits per heavy atom. The lowest BCUT2D eigenvalue weighted by Gasteiger charge is -2.09. The van der Waals surface area contributed by atoms with E-state index in [1.807, 2.05) is 12.1 Å². The third kappa shape index (κ3) is 2.51. The van der Waals surface area contributed by atoms with Gasteiger partial charge in [-0.2, -0.15) is 4.73 Å². The van der Waals surface area contributed by atoms with Gasteiger partial charge in [-0.3, -0.25) is 10.1 Å². The number of rotatable bonds is 3. The van der Waals surface area contributed by atoms with Gasteiger partial charge < -0.3 is 9.94 Å². The molecule has 22 heavy (non-hydrogen) atoms. The van der Waals surface area contributed by atoms with Crippen LogP contribution in [0.15, 0.2) is 54.9 Å². The fraction of sp³-hybridized carbons (Fsp3) is 0. The maximum absolute atomic E-state index is 11.4. The normalized spacial score (nSPS) is 10.6. The fourth-order valence-electron chi connectivity index (χ4n) is 2.12. The summed E-state index contributed by atoms with van der Waals surface area (Å²) in [4.78, 5) is 10.4. The van der Waals surface area contributed by atoms with Crippen LogP contribution in [0.4, 0.5) is 5.69 Å². The molecule has 0 radical (unpaired) electrons. The molecule has 0 saturated heterocycles. The second-order valence-corrected chi connectivity index (χ2v) is 4.91. The Bertz CT molecular complexity index is 883. The predicted octanol–water partition coefficient (Wildman–Crippen LogP) is 3.83. The molecule has 7 heteroatoms. The molecule has 0 saturated carbocycles. The standard InChI is InChI=1S/C15H9ClN2O4/c16-12-5-6-14(11-4-2-1-3-10(11)12)22-15-9-17(19)8-7-13(15)18(20)21/h1-9H. The second kappa shape index (κ2) is 5.50. The Hall–Kier alpha value is -2.86. The molecule has 0 bridgehead atoms. The third-order valence-electron chi connectivity index (χ3n) is 3.12. The number of nitro groups is 1. The molecule has 0 aliphatic heterocycles. The van der Waals surface area contributed by atoms with Crippen molar-refractivity contribution in [3.8, 4) is 11.5 Å². The number of hydrogen-bond donors (Lipinski definition) is 0. The lowest BCUT2D eigenvalue weighted by Crippen LogP contribution is -2.24. The van der Waals surface area contributed by atoms with E-state index in [9.17, 15) is 15.3 Å². The van der Waals surface area contributed by atoms with Crippen molar-refractivity contribution in [2.75, 3.05) is 0 Å². The first-order valence-corrected chi connectivity index (χ1v) is 6.66. The summed E-state index contributed by atoms with van der Waals surface area (Å²) in [6, 6.07) is 11.6. The Labute approximate surface area is 129 Å². The van der Waals surface area contributed by atoms with E-state index < -0.39 is 4.92 Å². The fourth-order valence-corrected chi connectivity index (χ4v) is 2.35. The van der Waals surface area contributed by atoms with Crippen molar-refractivity contribution < 1.29 is 14.4 Å². The quantitative estimate of drug-likeness (QED) is 0.318. The van der Waals surface area contributed by atoms with Gasteiger partial charge in [-0.05, 0) is 12.1 Å². The smallest absolute Gasteiger partial charge is 0.323 e. The molecule has 110 valence electrons. The first kappa shape index (κ1) is 14.1. The van der Waals surface area contributed by atoms with Crippen molar-refractivity contribution in [2.45, 2.75) is 0 Å². The van der Waals surface area contributed by atoms with E-state index in [1.54, 1.807) is 24.3 Å². The van der Waals surface area contributed by atoms with Crippen molar-refractivity contribution in [3.63, 3.8) is 0 Å². The molecular weight excluding hydrogens is 308 g/mol. The topological polar surface area (TPSA) is 79.3 Å². The van der Waals surface area contributed by atoms with Crippen molar-refractivity contribution >= 4 is 28.1 Å². The van der Waals surface area contributed by atoms with Gasteiger partial charge in [0.15, 0.2) is 6.20 Å². The largest absolute Gasteiger partial charge is 0.619 e. The molecule has 0 N–H and O–H groups in total. The first-order chi connectivity index (χ1) is 10.6. The Morgan fingerprint density at radius 2 is 1.77 bits per heavy atom. The summed E-state index contributed by atoms with van der Waals surface area (Å²) in [6.07, 6.45) is 2.06. The Kier molecular flexibility index (Phi) is 3.52. The second-order valence-electron chi connectivity index (χ2n) is 4.50. The zero-order valence-electron chi connectivity index (χ0n) is 11.1. The molecule has 3 aromatic rings. The van der Waals surface area contributed by atoms with E-state index in [4.69, 9.17) is 16.3 Å². The van der Waals surface area contributed by atoms with Crippen LogP contribution in [-0.2, 0) is 0 Å². The highest BCUT2D eigenvalue weighted by molar-refractivity contribution is 6.35. The van der Waals surface area contributed by atoms with Crippen molar-refractivity contribution in [1.29, 1.82) is 0 Å². The molecule has 2 aromatic carbocycles. The molecule has 0 unspecified atom stereocenters. The molecule has 0 atom stereocenters. The number of benzene rings is 2. The van der Waals surface area contributed by atoms with E-state index in [1.165, 1.54) is 0 Å². The molecule has 1 aromatic heterocycles. The van der Waals surface area contributed by atoms with E-state index >= 15 is 0 Å². The highest BCUT2D eigenvalue weighted by atomic mass is 35.5. The highest BCUT2D eigenvalue weighted by Crippen LogP contribution is 2.36. The predicted molar refractivity (Wildman–Crippen MR) is 81.1 cm³/mol. The van der Waals surface area contributed by atoms with E-state index in [0.29, 0.717) is 20.9 Å². The SMILES string of the molecule is O=[N+]([O-])c1cc[n+]([O-])cc1Oc1ccc(Cl)c2ccccc12. The van der Waals surface area contributed by atoms with Gasteiger partial charge in [0.25, 0.3) is 5.75 Å². The van der Waals surface area contributed by atoms with Crippen LogP contribution >= 0.6 is 11.6 Å². The van der Waals surface area contributed by atoms with Crippen molar-refractivity contribution in [3.05, 3.63) is 75.2 Å². The van der Waals surface area contributed by atoms with E-state index in [2.05, 4.69) is 0 Å². The van der Waals surface area contributed by atoms with Gasteiger partial charge in [-0.25, -0.2) is 0 Å². The summed E-state index contributed by atoms with van der Waals surface area (Å²) in [6.45, 7) is 0. The third-order valence-corrected chi connectivity index (χ3v) is 3.45. The lowest BCUT2D eigenvalue weighted by atomic mass is 10.1. The summed E-state index contributed by atoms with van der Waals surface area (Å²) in [5, 5.41) is 24.4. The lowest BCUT2D eigenvalue weighted by molar-refractivity contribution is -0.606. The van der Waals surface area contributed by atoms with Gasteiger partial charge in [-0.1, -0.05) is 35.9 Å². The van der Waals surface area contributed by atoms with Crippen LogP contribution < -0.4 is 9.47 Å². The van der Waals surface area contributed by atoms with Gasteiger partial charge in [0.1, 0.15) is 5.75 Å². The Morgan fingerprint density at radius 3 is 2.50 bits per heavy atom. The van der Waals surface area contributed by atoms with Crippen LogP contribution in [0.25, 0.3) is 10.8 Å². The maximum atomic E-state index is 11.4. The zero-order chi connectivity index (χ0) is 15.7. The minimum Gasteiger partial charge on any atom is -0.619 e. The number of ether oxygens (including phenoxy) is 1. The van der Waals surface area contributed by atoms with Gasteiger partial charge in [0.2, 0.25) is 6.20 Å². The van der Waals surface area contributed by atoms with Gasteiger partial charge in [-0.15, -0.1) is 0 Å². The number of nitrogens with zero attached hydrogens (tertiary/aromatic N) is 2. The molecule has 0 aliphatic rings. The molecule has 0 amide bonds. The van der Waals surface area contributed by atoms with Crippen LogP contribution in [0.1, 0.15) is 0 Å². The van der Waals surface area contributed by atoms with Crippen LogP contribution in [-0.4, -0.2) is 4.92 Å². The highest BCUT2D eigenvalue weighted by Gasteiger charge is 2.20. The van der Waals surface area contributed by atoms with Gasteiger partial charge >= 0.3 is 5.69 Å². The summed E-state index contributed by atoms with van der Waals surface area (Å²) in [5.74, 6) is 0.254. The van der Waals surface area contributed by atoms with Crippen LogP contribution in [0.3, 0.4) is 0 Å². The van der Waals surface area contributed by atoms with Gasteiger partial charge in [0, 0.05) is 15.8 Å². The van der Waals surface area contributed by atoms with E-state index in [-0.39, 0.29) is 11.4 Å². The number of hydrogen-bond acceptors (Lipinski definition) is 4. The first-order valence-electron chi connectivity index (χ1n) is 6.28. The van der Waals surface area contributed by atoms with Gasteiger partial charge in [0.05, 0.1) is 11.0 Å². The maximum Gasteiger partial charge on any atom is 0.323 e. The summed E-state index contributed by atoms with van der Waals surface area (Å²) >= 11 is 6.12. The number of pyridine rings is 1. The minimum absolute atomic E-state index is 0.130. The van der Waals surface area contributed by atoms with Crippen molar-refractivity contribution in [2.24, 2.45) is 0 Å². The Balaban J connectivity index is 2.13. The average Bonchev–Trinajstić information content (AvgIpc) is 2.50. The number of aromatic nitrogens is 1. The summed E-state index contributed by atoms with van der Waals surface area (Å²) in [7, 11) is 0. The summed E-state index contributed by atoms with van der Waals surface area (Å²) in [5.41, 5.74) is -0.286. The van der Waals surface area contributed by atoms with Crippen LogP contribution in [0.2, 0.25) is 5.02 Å². The monoisotopic (exact) mass is 316 g/mol. The molecule has 0 aliphatic carbocycles.